The van der Waals surface area contributed by atoms with Gasteiger partial charge in [-0.25, -0.2) is 0 Å². The molecule has 18 heavy (non-hydrogen) atoms. The highest BCUT2D eigenvalue weighted by molar-refractivity contribution is 5.27. The van der Waals surface area contributed by atoms with Crippen LogP contribution in [0, 0.1) is 0 Å². The molecule has 4 nitrogen and oxygen atoms in total. The minimum absolute atomic E-state index is 0.290. The van der Waals surface area contributed by atoms with Crippen molar-refractivity contribution < 1.29 is 14.6 Å². The highest BCUT2D eigenvalue weighted by Gasteiger charge is 2.12. The molecule has 0 aliphatic carbocycles. The van der Waals surface area contributed by atoms with E-state index in [0.717, 1.165) is 18.8 Å². The summed E-state index contributed by atoms with van der Waals surface area (Å²) in [6.07, 6.45) is 0. The third kappa shape index (κ3) is 6.59. The third-order valence-corrected chi connectivity index (χ3v) is 2.33. The van der Waals surface area contributed by atoms with Crippen LogP contribution in [0.1, 0.15) is 19.4 Å². The molecule has 0 amide bonds. The molecule has 0 bridgehead atoms. The summed E-state index contributed by atoms with van der Waals surface area (Å²) in [6, 6.07) is 7.86. The first kappa shape index (κ1) is 15.0. The van der Waals surface area contributed by atoms with Crippen LogP contribution >= 0.6 is 0 Å². The van der Waals surface area contributed by atoms with Gasteiger partial charge >= 0.3 is 0 Å². The Kier molecular flexibility index (Phi) is 6.12. The first-order chi connectivity index (χ1) is 8.51. The zero-order chi connectivity index (χ0) is 13.4. The largest absolute Gasteiger partial charge is 0.491 e. The Balaban J connectivity index is 2.33. The number of hydrogen-bond donors (Lipinski definition) is 2. The Bertz CT molecular complexity index is 330. The van der Waals surface area contributed by atoms with Crippen molar-refractivity contribution in [1.82, 2.24) is 5.32 Å². The molecule has 0 saturated heterocycles. The van der Waals surface area contributed by atoms with Gasteiger partial charge < -0.3 is 19.9 Å². The molecule has 0 heterocycles. The molecule has 2 N–H and O–H groups in total. The lowest BCUT2D eigenvalue weighted by Gasteiger charge is -2.17. The number of rotatable bonds is 8. The first-order valence-electron chi connectivity index (χ1n) is 6.15. The van der Waals surface area contributed by atoms with E-state index < -0.39 is 5.60 Å². The van der Waals surface area contributed by atoms with Crippen LogP contribution in [0.15, 0.2) is 24.3 Å². The maximum absolute atomic E-state index is 9.55. The monoisotopic (exact) mass is 253 g/mol. The van der Waals surface area contributed by atoms with Crippen molar-refractivity contribution >= 4 is 0 Å². The summed E-state index contributed by atoms with van der Waals surface area (Å²) < 4.78 is 10.4. The van der Waals surface area contributed by atoms with E-state index >= 15 is 0 Å². The van der Waals surface area contributed by atoms with Gasteiger partial charge in [0.05, 0.1) is 12.2 Å². The summed E-state index contributed by atoms with van der Waals surface area (Å²) in [7, 11) is 1.69. The molecular formula is C14H23NO3. The lowest BCUT2D eigenvalue weighted by molar-refractivity contribution is 0.0285. The fourth-order valence-electron chi connectivity index (χ4n) is 1.37. The molecule has 0 fully saturated rings. The van der Waals surface area contributed by atoms with Crippen LogP contribution in [0.4, 0.5) is 0 Å². The van der Waals surface area contributed by atoms with Crippen molar-refractivity contribution in [2.75, 3.05) is 26.9 Å². The van der Waals surface area contributed by atoms with Crippen LogP contribution in [-0.4, -0.2) is 37.6 Å². The van der Waals surface area contributed by atoms with Gasteiger partial charge in [0.2, 0.25) is 0 Å². The maximum Gasteiger partial charge on any atom is 0.119 e. The molecule has 0 aromatic heterocycles. The van der Waals surface area contributed by atoms with Crippen LogP contribution in [-0.2, 0) is 11.3 Å². The van der Waals surface area contributed by atoms with Gasteiger partial charge in [-0.15, -0.1) is 0 Å². The van der Waals surface area contributed by atoms with Gasteiger partial charge in [-0.3, -0.25) is 0 Å². The second-order valence-corrected chi connectivity index (χ2v) is 4.91. The van der Waals surface area contributed by atoms with Crippen molar-refractivity contribution in [2.45, 2.75) is 26.0 Å². The lowest BCUT2D eigenvalue weighted by atomic mass is 10.1. The lowest BCUT2D eigenvalue weighted by Crippen LogP contribution is -2.27. The summed E-state index contributed by atoms with van der Waals surface area (Å²) >= 11 is 0. The van der Waals surface area contributed by atoms with Crippen LogP contribution in [0.25, 0.3) is 0 Å². The predicted octanol–water partition coefficient (Wildman–Crippen LogP) is 1.57. The fourth-order valence-corrected chi connectivity index (χ4v) is 1.37. The number of aliphatic hydroxyl groups is 1. The Morgan fingerprint density at radius 2 is 1.89 bits per heavy atom. The van der Waals surface area contributed by atoms with Gasteiger partial charge in [-0.1, -0.05) is 12.1 Å². The molecule has 0 unspecified atom stereocenters. The number of methoxy groups -OCH3 is 1. The second-order valence-electron chi connectivity index (χ2n) is 4.91. The molecule has 0 spiro atoms. The molecule has 4 heteroatoms. The average molecular weight is 253 g/mol. The Labute approximate surface area is 109 Å². The van der Waals surface area contributed by atoms with E-state index in [1.54, 1.807) is 21.0 Å². The second kappa shape index (κ2) is 7.36. The van der Waals surface area contributed by atoms with E-state index in [1.165, 1.54) is 5.56 Å². The number of nitrogens with one attached hydrogen (secondary N) is 1. The SMILES string of the molecule is COCCNCc1ccc(OCC(C)(C)O)cc1. The van der Waals surface area contributed by atoms with E-state index in [1.807, 2.05) is 24.3 Å². The molecule has 1 aromatic rings. The standard InChI is InChI=1S/C14H23NO3/c1-14(2,16)11-18-13-6-4-12(5-7-13)10-15-8-9-17-3/h4-7,15-16H,8-11H2,1-3H3. The smallest absolute Gasteiger partial charge is 0.119 e. The van der Waals surface area contributed by atoms with Crippen molar-refractivity contribution in [3.8, 4) is 5.75 Å². The molecule has 102 valence electrons. The normalized spacial score (nSPS) is 11.6. The summed E-state index contributed by atoms with van der Waals surface area (Å²) in [5.41, 5.74) is 0.391. The molecule has 0 saturated carbocycles. The van der Waals surface area contributed by atoms with Gasteiger partial charge in [0.1, 0.15) is 12.4 Å². The first-order valence-corrected chi connectivity index (χ1v) is 6.15. The topological polar surface area (TPSA) is 50.7 Å². The average Bonchev–Trinajstić information content (AvgIpc) is 2.33. The van der Waals surface area contributed by atoms with Crippen molar-refractivity contribution in [1.29, 1.82) is 0 Å². The summed E-state index contributed by atoms with van der Waals surface area (Å²) in [6.45, 7) is 6.11. The minimum atomic E-state index is -0.805. The Hall–Kier alpha value is -1.10. The van der Waals surface area contributed by atoms with Crippen LogP contribution < -0.4 is 10.1 Å². The molecule has 0 radical (unpaired) electrons. The van der Waals surface area contributed by atoms with Gasteiger partial charge in [0.25, 0.3) is 0 Å². The summed E-state index contributed by atoms with van der Waals surface area (Å²) in [5.74, 6) is 0.776. The summed E-state index contributed by atoms with van der Waals surface area (Å²) in [5, 5.41) is 12.8. The van der Waals surface area contributed by atoms with Crippen molar-refractivity contribution in [2.24, 2.45) is 0 Å². The number of benzene rings is 1. The Morgan fingerprint density at radius 3 is 2.44 bits per heavy atom. The Morgan fingerprint density at radius 1 is 1.22 bits per heavy atom. The van der Waals surface area contributed by atoms with E-state index in [9.17, 15) is 5.11 Å². The van der Waals surface area contributed by atoms with E-state index in [4.69, 9.17) is 9.47 Å². The number of hydrogen-bond acceptors (Lipinski definition) is 4. The summed E-state index contributed by atoms with van der Waals surface area (Å²) in [4.78, 5) is 0. The van der Waals surface area contributed by atoms with E-state index in [0.29, 0.717) is 13.2 Å². The fraction of sp³-hybridized carbons (Fsp3) is 0.571. The molecule has 0 atom stereocenters. The zero-order valence-electron chi connectivity index (χ0n) is 11.4. The van der Waals surface area contributed by atoms with Crippen LogP contribution in [0.2, 0.25) is 0 Å². The highest BCUT2D eigenvalue weighted by Crippen LogP contribution is 2.14. The molecule has 1 rings (SSSR count). The van der Waals surface area contributed by atoms with E-state index in [-0.39, 0.29) is 0 Å². The highest BCUT2D eigenvalue weighted by atomic mass is 16.5. The predicted molar refractivity (Wildman–Crippen MR) is 71.8 cm³/mol. The van der Waals surface area contributed by atoms with Crippen LogP contribution in [0.5, 0.6) is 5.75 Å². The quantitative estimate of drug-likeness (QED) is 0.691. The van der Waals surface area contributed by atoms with Crippen molar-refractivity contribution in [3.63, 3.8) is 0 Å². The third-order valence-electron chi connectivity index (χ3n) is 2.33. The van der Waals surface area contributed by atoms with Gasteiger partial charge in [-0.2, -0.15) is 0 Å². The minimum Gasteiger partial charge on any atom is -0.491 e. The number of ether oxygens (including phenoxy) is 2. The molecule has 0 aliphatic rings. The van der Waals surface area contributed by atoms with Crippen molar-refractivity contribution in [3.05, 3.63) is 29.8 Å². The van der Waals surface area contributed by atoms with E-state index in [2.05, 4.69) is 5.32 Å². The van der Waals surface area contributed by atoms with Gasteiger partial charge in [0.15, 0.2) is 0 Å². The van der Waals surface area contributed by atoms with Crippen LogP contribution in [0.3, 0.4) is 0 Å². The van der Waals surface area contributed by atoms with Gasteiger partial charge in [-0.05, 0) is 31.5 Å². The van der Waals surface area contributed by atoms with Gasteiger partial charge in [0, 0.05) is 20.2 Å². The molecule has 1 aromatic carbocycles. The molecular weight excluding hydrogens is 230 g/mol. The zero-order valence-corrected chi connectivity index (χ0v) is 11.4. The molecule has 0 aliphatic heterocycles. The maximum atomic E-state index is 9.55.